The van der Waals surface area contributed by atoms with Gasteiger partial charge in [-0.15, -0.1) is 0 Å². The van der Waals surface area contributed by atoms with Crippen LogP contribution in [0.1, 0.15) is 32.6 Å². The second-order valence-electron chi connectivity index (χ2n) is 7.96. The summed E-state index contributed by atoms with van der Waals surface area (Å²) in [6, 6.07) is 18.7. The molecule has 0 radical (unpaired) electrons. The summed E-state index contributed by atoms with van der Waals surface area (Å²) in [6.45, 7) is 6.33. The van der Waals surface area contributed by atoms with E-state index in [9.17, 15) is 4.79 Å². The van der Waals surface area contributed by atoms with Crippen molar-refractivity contribution >= 4 is 34.0 Å². The van der Waals surface area contributed by atoms with Crippen LogP contribution in [0.2, 0.25) is 0 Å². The summed E-state index contributed by atoms with van der Waals surface area (Å²) in [4.78, 5) is 17.1. The molecule has 0 spiro atoms. The number of nitrogens with one attached hydrogen (secondary N) is 1. The number of anilines is 2. The van der Waals surface area contributed by atoms with Crippen molar-refractivity contribution in [2.75, 3.05) is 5.32 Å². The Kier molecular flexibility index (Phi) is 4.25. The first-order chi connectivity index (χ1) is 14.5. The number of rotatable bonds is 3. The summed E-state index contributed by atoms with van der Waals surface area (Å²) in [6.07, 6.45) is 5.34. The van der Waals surface area contributed by atoms with Gasteiger partial charge < -0.3 is 5.32 Å². The van der Waals surface area contributed by atoms with E-state index < -0.39 is 0 Å². The molecule has 0 unspecified atom stereocenters. The normalized spacial score (nSPS) is 12.4. The molecule has 0 aliphatic heterocycles. The fraction of sp³-hybridized carbons (Fsp3) is 0.111. The fourth-order valence-corrected chi connectivity index (χ4v) is 4.20. The average molecular weight is 390 g/mol. The minimum atomic E-state index is 0.0504. The van der Waals surface area contributed by atoms with Crippen LogP contribution in [0, 0.1) is 20.8 Å². The predicted octanol–water partition coefficient (Wildman–Crippen LogP) is 6.78. The largest absolute Gasteiger partial charge is 0.355 e. The Morgan fingerprint density at radius 1 is 0.833 bits per heavy atom. The minimum Gasteiger partial charge on any atom is -0.355 e. The zero-order chi connectivity index (χ0) is 20.8. The smallest absolute Gasteiger partial charge is 0.186 e. The molecule has 1 aliphatic rings. The summed E-state index contributed by atoms with van der Waals surface area (Å²) < 4.78 is 0. The first-order valence-electron chi connectivity index (χ1n) is 10.1. The van der Waals surface area contributed by atoms with E-state index in [4.69, 9.17) is 4.98 Å². The molecule has 0 atom stereocenters. The fourth-order valence-electron chi connectivity index (χ4n) is 4.20. The molecule has 1 N–H and O–H groups in total. The molecule has 1 heterocycles. The van der Waals surface area contributed by atoms with E-state index in [1.165, 1.54) is 11.1 Å². The van der Waals surface area contributed by atoms with E-state index in [2.05, 4.69) is 62.5 Å². The molecule has 30 heavy (non-hydrogen) atoms. The van der Waals surface area contributed by atoms with E-state index in [0.717, 1.165) is 50.1 Å². The highest BCUT2D eigenvalue weighted by molar-refractivity contribution is 6.21. The second kappa shape index (κ2) is 6.96. The zero-order valence-electron chi connectivity index (χ0n) is 17.3. The molecule has 3 heteroatoms. The van der Waals surface area contributed by atoms with Crippen molar-refractivity contribution in [3.8, 4) is 11.3 Å². The molecule has 0 amide bonds. The number of aryl methyl sites for hydroxylation is 3. The molecule has 0 saturated heterocycles. The summed E-state index contributed by atoms with van der Waals surface area (Å²) in [5, 5.41) is 5.55. The summed E-state index contributed by atoms with van der Waals surface area (Å²) >= 11 is 0. The molecule has 3 aromatic carbocycles. The molecule has 0 bridgehead atoms. The standard InChI is InChI=1S/C27H22N2O/c1-16-7-10-23(17(2)13-16)29-24-11-8-19(14-18(24)3)27-22-6-4-5-21-25(30)12-9-20(15-28-27)26(21)22/h4-15,29H,1-3H3. The van der Waals surface area contributed by atoms with Crippen LogP contribution in [0.15, 0.2) is 66.9 Å². The van der Waals surface area contributed by atoms with Gasteiger partial charge in [0.25, 0.3) is 0 Å². The maximum atomic E-state index is 12.3. The van der Waals surface area contributed by atoms with Gasteiger partial charge in [-0.2, -0.15) is 0 Å². The number of aromatic nitrogens is 1. The van der Waals surface area contributed by atoms with Crippen molar-refractivity contribution in [2.24, 2.45) is 0 Å². The quantitative estimate of drug-likeness (QED) is 0.419. The van der Waals surface area contributed by atoms with Crippen LogP contribution in [0.25, 0.3) is 28.1 Å². The number of hydrogen-bond donors (Lipinski definition) is 1. The van der Waals surface area contributed by atoms with Crippen molar-refractivity contribution in [2.45, 2.75) is 20.8 Å². The Labute approximate surface area is 176 Å². The molecule has 3 nitrogen and oxygen atoms in total. The van der Waals surface area contributed by atoms with Crippen molar-refractivity contribution in [3.05, 3.63) is 94.7 Å². The van der Waals surface area contributed by atoms with Crippen LogP contribution in [0.5, 0.6) is 0 Å². The summed E-state index contributed by atoms with van der Waals surface area (Å²) in [7, 11) is 0. The van der Waals surface area contributed by atoms with Gasteiger partial charge in [-0.3, -0.25) is 9.78 Å². The molecule has 1 aliphatic carbocycles. The number of benzene rings is 3. The minimum absolute atomic E-state index is 0.0504. The van der Waals surface area contributed by atoms with Gasteiger partial charge in [0, 0.05) is 45.0 Å². The van der Waals surface area contributed by atoms with E-state index in [-0.39, 0.29) is 5.78 Å². The summed E-state index contributed by atoms with van der Waals surface area (Å²) in [5.41, 5.74) is 9.50. The zero-order valence-corrected chi connectivity index (χ0v) is 17.3. The van der Waals surface area contributed by atoms with E-state index in [1.807, 2.05) is 30.5 Å². The SMILES string of the molecule is Cc1ccc(Nc2ccc(-c3ncc4c5c(cccc35)C(=O)C=C4)cc2C)c(C)c1. The molecular formula is C27H22N2O. The van der Waals surface area contributed by atoms with Crippen molar-refractivity contribution < 1.29 is 4.79 Å². The first kappa shape index (κ1) is 18.3. The lowest BCUT2D eigenvalue weighted by Gasteiger charge is -2.16. The lowest BCUT2D eigenvalue weighted by molar-refractivity contribution is 0.104. The third-order valence-corrected chi connectivity index (χ3v) is 5.77. The highest BCUT2D eigenvalue weighted by atomic mass is 16.1. The molecular weight excluding hydrogens is 368 g/mol. The highest BCUT2D eigenvalue weighted by Gasteiger charge is 2.18. The second-order valence-corrected chi connectivity index (χ2v) is 7.96. The maximum Gasteiger partial charge on any atom is 0.186 e. The highest BCUT2D eigenvalue weighted by Crippen LogP contribution is 2.35. The summed E-state index contributed by atoms with van der Waals surface area (Å²) in [5.74, 6) is 0.0504. The third-order valence-electron chi connectivity index (χ3n) is 5.77. The Morgan fingerprint density at radius 2 is 1.60 bits per heavy atom. The first-order valence-corrected chi connectivity index (χ1v) is 10.1. The molecule has 0 saturated carbocycles. The number of allylic oxidation sites excluding steroid dienone is 1. The van der Waals surface area contributed by atoms with Crippen LogP contribution in [-0.4, -0.2) is 10.8 Å². The number of carbonyl (C=O) groups is 1. The van der Waals surface area contributed by atoms with Crippen molar-refractivity contribution in [3.63, 3.8) is 0 Å². The Morgan fingerprint density at radius 3 is 2.37 bits per heavy atom. The maximum absolute atomic E-state index is 12.3. The molecule has 4 aromatic rings. The van der Waals surface area contributed by atoms with Crippen LogP contribution < -0.4 is 5.32 Å². The van der Waals surface area contributed by atoms with Gasteiger partial charge in [-0.05, 0) is 62.2 Å². The van der Waals surface area contributed by atoms with Crippen LogP contribution in [0.3, 0.4) is 0 Å². The lowest BCUT2D eigenvalue weighted by Crippen LogP contribution is -2.03. The van der Waals surface area contributed by atoms with Gasteiger partial charge in [-0.25, -0.2) is 0 Å². The van der Waals surface area contributed by atoms with Gasteiger partial charge in [0.05, 0.1) is 5.69 Å². The van der Waals surface area contributed by atoms with Crippen LogP contribution in [-0.2, 0) is 0 Å². The monoisotopic (exact) mass is 390 g/mol. The van der Waals surface area contributed by atoms with Gasteiger partial charge in [0.15, 0.2) is 5.78 Å². The van der Waals surface area contributed by atoms with E-state index in [0.29, 0.717) is 0 Å². The third kappa shape index (κ3) is 3.00. The molecule has 146 valence electrons. The van der Waals surface area contributed by atoms with Gasteiger partial charge >= 0.3 is 0 Å². The number of hydrogen-bond acceptors (Lipinski definition) is 3. The van der Waals surface area contributed by atoms with Crippen molar-refractivity contribution in [1.29, 1.82) is 0 Å². The number of pyridine rings is 1. The molecule has 5 rings (SSSR count). The van der Waals surface area contributed by atoms with Gasteiger partial charge in [0.1, 0.15) is 0 Å². The van der Waals surface area contributed by atoms with Gasteiger partial charge in [-0.1, -0.05) is 42.0 Å². The Balaban J connectivity index is 1.58. The number of carbonyl (C=O) groups excluding carboxylic acids is 1. The lowest BCUT2D eigenvalue weighted by atomic mass is 9.91. The Bertz CT molecular complexity index is 1370. The van der Waals surface area contributed by atoms with Crippen LogP contribution in [0.4, 0.5) is 11.4 Å². The van der Waals surface area contributed by atoms with Crippen LogP contribution >= 0.6 is 0 Å². The van der Waals surface area contributed by atoms with E-state index >= 15 is 0 Å². The van der Waals surface area contributed by atoms with E-state index in [1.54, 1.807) is 6.08 Å². The topological polar surface area (TPSA) is 42.0 Å². The average Bonchev–Trinajstić information content (AvgIpc) is 2.74. The number of nitrogens with zero attached hydrogens (tertiary/aromatic N) is 1. The Hall–Kier alpha value is -3.72. The van der Waals surface area contributed by atoms with Crippen molar-refractivity contribution in [1.82, 2.24) is 4.98 Å². The molecule has 0 fully saturated rings. The molecule has 1 aromatic heterocycles. The van der Waals surface area contributed by atoms with Gasteiger partial charge in [0.2, 0.25) is 0 Å². The predicted molar refractivity (Wildman–Crippen MR) is 124 cm³/mol. The number of ketones is 1.